The van der Waals surface area contributed by atoms with Gasteiger partial charge in [0.1, 0.15) is 0 Å². The summed E-state index contributed by atoms with van der Waals surface area (Å²) in [5.41, 5.74) is 0. The molecule has 0 fully saturated rings. The predicted molar refractivity (Wildman–Crippen MR) is 138 cm³/mol. The largest absolute Gasteiger partial charge is 0.317 e. The Bertz CT molecular complexity index is 467. The number of hydrogen-bond acceptors (Lipinski definition) is 2. The van der Waals surface area contributed by atoms with Crippen LogP contribution in [-0.2, 0) is 21.7 Å². The van der Waals surface area contributed by atoms with Gasteiger partial charge in [-0.2, -0.15) is 0 Å². The average molecular weight is 483 g/mol. The maximum absolute atomic E-state index is 8.99. The Hall–Kier alpha value is 1.17. The fourth-order valence-electron chi connectivity index (χ4n) is 6.04. The fraction of sp³-hybridized carbons (Fsp3) is 1.00. The van der Waals surface area contributed by atoms with E-state index in [-0.39, 0.29) is 52.7 Å². The van der Waals surface area contributed by atoms with Gasteiger partial charge in [0, 0.05) is 21.7 Å². The van der Waals surface area contributed by atoms with E-state index in [4.69, 9.17) is 10.3 Å². The monoisotopic (exact) mass is 482 g/mol. The van der Waals surface area contributed by atoms with Gasteiger partial charge in [0.05, 0.1) is 0 Å². The van der Waals surface area contributed by atoms with E-state index in [1.807, 2.05) is 0 Å². The van der Waals surface area contributed by atoms with Crippen molar-refractivity contribution in [3.05, 3.63) is 0 Å². The van der Waals surface area contributed by atoms with Gasteiger partial charge in [0.15, 0.2) is 0 Å². The summed E-state index contributed by atoms with van der Waals surface area (Å²) >= 11 is 0. The molecule has 0 aromatic rings. The van der Waals surface area contributed by atoms with E-state index < -0.39 is 14.1 Å². The zero-order chi connectivity index (χ0) is 24.0. The van der Waals surface area contributed by atoms with E-state index in [0.29, 0.717) is 0 Å². The average Bonchev–Trinajstić information content (AvgIpc) is 2.29. The number of rotatable bonds is 0. The Morgan fingerprint density at radius 1 is 0.310 bits per heavy atom. The Kier molecular flexibility index (Phi) is 11.5. The molecule has 0 rings (SSSR count). The molecule has 0 atom stereocenters. The van der Waals surface area contributed by atoms with Crippen molar-refractivity contribution in [2.24, 2.45) is 0 Å². The summed E-state index contributed by atoms with van der Waals surface area (Å²) in [6, 6.07) is 0. The van der Waals surface area contributed by atoms with Gasteiger partial charge in [-0.25, -0.2) is 0 Å². The summed E-state index contributed by atoms with van der Waals surface area (Å²) in [7, 11) is -3.54. The summed E-state index contributed by atoms with van der Waals surface area (Å²) < 4.78 is 0. The molecule has 0 saturated carbocycles. The third-order valence-electron chi connectivity index (χ3n) is 6.04. The molecule has 0 amide bonds. The van der Waals surface area contributed by atoms with Crippen molar-refractivity contribution in [1.29, 1.82) is 10.3 Å². The van der Waals surface area contributed by atoms with Crippen LogP contribution in [0.4, 0.5) is 0 Å². The molecule has 0 aliphatic heterocycles. The summed E-state index contributed by atoms with van der Waals surface area (Å²) in [5.74, 6) is 0. The van der Waals surface area contributed by atoms with Crippen LogP contribution >= 0.6 is 14.1 Å². The van der Waals surface area contributed by atoms with Crippen molar-refractivity contribution in [3.8, 4) is 0 Å². The second-order valence-electron chi connectivity index (χ2n) is 14.4. The van der Waals surface area contributed by atoms with Crippen LogP contribution in [0.2, 0.25) is 0 Å². The predicted octanol–water partition coefficient (Wildman–Crippen LogP) is 10.3. The van der Waals surface area contributed by atoms with Gasteiger partial charge in [-0.3, -0.25) is 0 Å². The van der Waals surface area contributed by atoms with Crippen LogP contribution in [-0.4, -0.2) is 30.9 Å². The molecular weight excluding hydrogens is 426 g/mol. The van der Waals surface area contributed by atoms with Gasteiger partial charge in [-0.05, 0) is 45.0 Å². The van der Waals surface area contributed by atoms with E-state index >= 15 is 0 Å². The van der Waals surface area contributed by atoms with Crippen LogP contribution in [0.15, 0.2) is 0 Å². The van der Waals surface area contributed by atoms with Crippen LogP contribution < -0.4 is 0 Å². The quantitative estimate of drug-likeness (QED) is 0.255. The van der Waals surface area contributed by atoms with E-state index in [1.54, 1.807) is 0 Å². The molecule has 0 unspecified atom stereocenters. The molecule has 0 saturated heterocycles. The van der Waals surface area contributed by atoms with Gasteiger partial charge >= 0.3 is 0 Å². The molecule has 0 aliphatic rings. The smallest absolute Gasteiger partial charge is 0 e. The van der Waals surface area contributed by atoms with Crippen LogP contribution in [0.25, 0.3) is 0 Å². The molecule has 5 heteroatoms. The van der Waals surface area contributed by atoms with Crippen LogP contribution in [0.1, 0.15) is 125 Å². The van der Waals surface area contributed by atoms with Crippen LogP contribution in [0.5, 0.6) is 0 Å². The first kappa shape index (κ1) is 34.8. The molecular formula is C24H56N2P2Ti. The molecule has 0 heterocycles. The second kappa shape index (κ2) is 9.58. The van der Waals surface area contributed by atoms with Gasteiger partial charge in [0.2, 0.25) is 0 Å². The standard InChI is InChI=1S/2C12H28NP.Ti/c2*1-10(2,3)14(13,11(4,5)6)12(7,8)9;/h2*13H,1-9H3;. The van der Waals surface area contributed by atoms with Crippen molar-refractivity contribution in [1.82, 2.24) is 0 Å². The molecule has 0 aromatic carbocycles. The van der Waals surface area contributed by atoms with Crippen molar-refractivity contribution < 1.29 is 21.7 Å². The normalized spacial score (nSPS) is 15.2. The Labute approximate surface area is 201 Å². The minimum atomic E-state index is -1.77. The minimum absolute atomic E-state index is 0. The fourth-order valence-corrected chi connectivity index (χ4v) is 18.1. The maximum atomic E-state index is 8.99. The van der Waals surface area contributed by atoms with E-state index in [2.05, 4.69) is 125 Å². The summed E-state index contributed by atoms with van der Waals surface area (Å²) in [4.78, 5) is 0. The SMILES string of the molecule is CC(C)(C)P(=N)(C(C)(C)C)C(C)(C)C.CC(C)(C)P(=N)(C(C)(C)C)C(C)(C)C.[Ti]. The topological polar surface area (TPSA) is 47.7 Å². The third-order valence-corrected chi connectivity index (χ3v) is 18.1. The van der Waals surface area contributed by atoms with Gasteiger partial charge < -0.3 is 10.3 Å². The Balaban J connectivity index is -0.000000451. The van der Waals surface area contributed by atoms with Gasteiger partial charge in [-0.1, -0.05) is 125 Å². The number of nitrogens with one attached hydrogen (secondary N) is 2. The zero-order valence-electron chi connectivity index (χ0n) is 23.4. The molecule has 0 radical (unpaired) electrons. The minimum Gasteiger partial charge on any atom is -0.317 e. The van der Waals surface area contributed by atoms with Crippen molar-refractivity contribution in [3.63, 3.8) is 0 Å². The van der Waals surface area contributed by atoms with Crippen molar-refractivity contribution in [2.45, 2.75) is 156 Å². The zero-order valence-corrected chi connectivity index (χ0v) is 26.7. The van der Waals surface area contributed by atoms with Crippen molar-refractivity contribution >= 4 is 14.1 Å². The molecule has 0 spiro atoms. The van der Waals surface area contributed by atoms with E-state index in [1.165, 1.54) is 0 Å². The molecule has 2 nitrogen and oxygen atoms in total. The first-order valence-corrected chi connectivity index (χ1v) is 14.4. The molecule has 0 aliphatic carbocycles. The van der Waals surface area contributed by atoms with Crippen LogP contribution in [0, 0.1) is 10.3 Å². The van der Waals surface area contributed by atoms with E-state index in [9.17, 15) is 0 Å². The molecule has 0 aromatic heterocycles. The number of hydrogen-bond donors (Lipinski definition) is 2. The Morgan fingerprint density at radius 2 is 0.379 bits per heavy atom. The van der Waals surface area contributed by atoms with Gasteiger partial charge in [0.25, 0.3) is 0 Å². The van der Waals surface area contributed by atoms with Crippen molar-refractivity contribution in [2.75, 3.05) is 0 Å². The first-order chi connectivity index (χ1) is 11.5. The second-order valence-corrected chi connectivity index (χ2v) is 25.1. The molecule has 176 valence electrons. The summed E-state index contributed by atoms with van der Waals surface area (Å²) in [6.45, 7) is 40.1. The third kappa shape index (κ3) is 7.08. The van der Waals surface area contributed by atoms with Crippen LogP contribution in [0.3, 0.4) is 0 Å². The first-order valence-electron chi connectivity index (χ1n) is 10.8. The molecule has 0 bridgehead atoms. The Morgan fingerprint density at radius 3 is 0.379 bits per heavy atom. The molecule has 29 heavy (non-hydrogen) atoms. The summed E-state index contributed by atoms with van der Waals surface area (Å²) in [5, 5.41) is 18.6. The molecule has 2 N–H and O–H groups in total. The summed E-state index contributed by atoms with van der Waals surface area (Å²) in [6.07, 6.45) is 0. The van der Waals surface area contributed by atoms with E-state index in [0.717, 1.165) is 0 Å². The maximum Gasteiger partial charge on any atom is 0 e. The van der Waals surface area contributed by atoms with Gasteiger partial charge in [-0.15, -0.1) is 0 Å².